The molecule has 0 radical (unpaired) electrons. The third kappa shape index (κ3) is 4.78. The Bertz CT molecular complexity index is 913. The largest absolute Gasteiger partial charge is 0.322 e. The molecule has 2 aromatic rings. The van der Waals surface area contributed by atoms with E-state index in [2.05, 4.69) is 10.4 Å². The van der Waals surface area contributed by atoms with E-state index in [1.165, 1.54) is 0 Å². The van der Waals surface area contributed by atoms with Crippen molar-refractivity contribution in [2.24, 2.45) is 7.05 Å². The number of carbonyl (C=O) groups excluding carboxylic acids is 1. The minimum Gasteiger partial charge on any atom is -0.322 e. The topological polar surface area (TPSA) is 87.5 Å². The van der Waals surface area contributed by atoms with Crippen molar-refractivity contribution >= 4 is 21.6 Å². The van der Waals surface area contributed by atoms with E-state index in [1.807, 2.05) is 49.1 Å². The van der Waals surface area contributed by atoms with Crippen molar-refractivity contribution in [3.05, 3.63) is 48.3 Å². The van der Waals surface area contributed by atoms with Crippen LogP contribution in [0.25, 0.3) is 0 Å². The molecule has 0 saturated carbocycles. The van der Waals surface area contributed by atoms with Crippen LogP contribution >= 0.6 is 0 Å². The van der Waals surface area contributed by atoms with E-state index in [4.69, 9.17) is 0 Å². The third-order valence-electron chi connectivity index (χ3n) is 5.22. The summed E-state index contributed by atoms with van der Waals surface area (Å²) >= 11 is 0. The van der Waals surface area contributed by atoms with Gasteiger partial charge in [-0.2, -0.15) is 9.40 Å². The van der Waals surface area contributed by atoms with Gasteiger partial charge in [0, 0.05) is 38.4 Å². The predicted molar refractivity (Wildman–Crippen MR) is 108 cm³/mol. The first kappa shape index (κ1) is 20.5. The molecule has 8 nitrogen and oxygen atoms in total. The summed E-state index contributed by atoms with van der Waals surface area (Å²) in [6.45, 7) is 4.97. The second kappa shape index (κ2) is 8.42. The number of benzene rings is 1. The predicted octanol–water partition coefficient (Wildman–Crippen LogP) is 1.28. The molecule has 0 bridgehead atoms. The molecule has 1 fully saturated rings. The van der Waals surface area contributed by atoms with Crippen LogP contribution in [0.15, 0.2) is 42.7 Å². The zero-order chi connectivity index (χ0) is 20.3. The molecule has 1 amide bonds. The summed E-state index contributed by atoms with van der Waals surface area (Å²) < 4.78 is 29.0. The normalized spacial score (nSPS) is 21.5. The van der Waals surface area contributed by atoms with Gasteiger partial charge in [-0.15, -0.1) is 0 Å². The lowest BCUT2D eigenvalue weighted by Crippen LogP contribution is -2.60. The molecule has 152 valence electrons. The molecule has 28 heavy (non-hydrogen) atoms. The number of piperazine rings is 1. The molecule has 0 unspecified atom stereocenters. The van der Waals surface area contributed by atoms with Crippen LogP contribution in [0.3, 0.4) is 0 Å². The Hall–Kier alpha value is -2.23. The molecule has 1 N–H and O–H groups in total. The van der Waals surface area contributed by atoms with Crippen molar-refractivity contribution in [1.82, 2.24) is 19.0 Å². The van der Waals surface area contributed by atoms with Crippen LogP contribution in [0.2, 0.25) is 0 Å². The molecule has 1 saturated heterocycles. The van der Waals surface area contributed by atoms with E-state index in [0.29, 0.717) is 18.8 Å². The van der Waals surface area contributed by atoms with E-state index >= 15 is 0 Å². The highest BCUT2D eigenvalue weighted by Gasteiger charge is 2.37. The molecule has 2 heterocycles. The number of aryl methyl sites for hydroxylation is 1. The van der Waals surface area contributed by atoms with Crippen molar-refractivity contribution in [3.8, 4) is 0 Å². The number of hydrogen-bond donors (Lipinski definition) is 1. The van der Waals surface area contributed by atoms with Gasteiger partial charge < -0.3 is 5.32 Å². The molecule has 0 spiro atoms. The van der Waals surface area contributed by atoms with Crippen molar-refractivity contribution in [1.29, 1.82) is 0 Å². The fraction of sp³-hybridized carbons (Fsp3) is 0.474. The average Bonchev–Trinajstić information content (AvgIpc) is 3.04. The number of carbonyl (C=O) groups is 1. The molecule has 1 aliphatic heterocycles. The van der Waals surface area contributed by atoms with Crippen LogP contribution < -0.4 is 5.32 Å². The van der Waals surface area contributed by atoms with Gasteiger partial charge in [0.05, 0.1) is 24.2 Å². The average molecular weight is 406 g/mol. The lowest BCUT2D eigenvalue weighted by Gasteiger charge is -2.43. The number of hydrogen-bond acceptors (Lipinski definition) is 5. The summed E-state index contributed by atoms with van der Waals surface area (Å²) in [4.78, 5) is 14.4. The molecule has 3 rings (SSSR count). The Balaban J connectivity index is 1.61. The number of nitrogens with one attached hydrogen (secondary N) is 1. The van der Waals surface area contributed by atoms with E-state index < -0.39 is 10.0 Å². The number of nitrogens with zero attached hydrogens (tertiary/aromatic N) is 4. The minimum atomic E-state index is -3.42. The fourth-order valence-electron chi connectivity index (χ4n) is 3.53. The molecule has 1 aliphatic rings. The van der Waals surface area contributed by atoms with Gasteiger partial charge in [0.25, 0.3) is 0 Å². The Morgan fingerprint density at radius 1 is 1.18 bits per heavy atom. The highest BCUT2D eigenvalue weighted by Crippen LogP contribution is 2.22. The highest BCUT2D eigenvalue weighted by atomic mass is 32.2. The van der Waals surface area contributed by atoms with Crippen molar-refractivity contribution in [2.45, 2.75) is 31.7 Å². The van der Waals surface area contributed by atoms with E-state index in [0.717, 1.165) is 5.56 Å². The van der Waals surface area contributed by atoms with E-state index in [9.17, 15) is 13.2 Å². The molecule has 9 heteroatoms. The van der Waals surface area contributed by atoms with Crippen LogP contribution in [0, 0.1) is 0 Å². The number of sulfonamides is 1. The van der Waals surface area contributed by atoms with Crippen molar-refractivity contribution < 1.29 is 13.2 Å². The molecular weight excluding hydrogens is 378 g/mol. The number of anilines is 1. The van der Waals surface area contributed by atoms with Crippen LogP contribution in [-0.4, -0.2) is 65.0 Å². The van der Waals surface area contributed by atoms with Gasteiger partial charge >= 0.3 is 0 Å². The Morgan fingerprint density at radius 2 is 1.89 bits per heavy atom. The van der Waals surface area contributed by atoms with Gasteiger partial charge in [-0.25, -0.2) is 8.42 Å². The monoisotopic (exact) mass is 405 g/mol. The Labute approximate surface area is 166 Å². The third-order valence-corrected chi connectivity index (χ3v) is 7.15. The molecular formula is C19H27N5O3S. The van der Waals surface area contributed by atoms with Gasteiger partial charge in [-0.1, -0.05) is 30.3 Å². The molecule has 1 aromatic carbocycles. The first-order valence-electron chi connectivity index (χ1n) is 9.32. The Kier molecular flexibility index (Phi) is 6.17. The fourth-order valence-corrected chi connectivity index (χ4v) is 5.36. The second-order valence-corrected chi connectivity index (χ2v) is 9.18. The maximum atomic E-state index is 12.9. The van der Waals surface area contributed by atoms with Crippen LogP contribution in [-0.2, 0) is 27.6 Å². The van der Waals surface area contributed by atoms with Crippen LogP contribution in [0.4, 0.5) is 5.69 Å². The summed E-state index contributed by atoms with van der Waals surface area (Å²) in [6.07, 6.45) is 3.33. The number of amides is 1. The van der Waals surface area contributed by atoms with Crippen molar-refractivity contribution in [2.75, 3.05) is 25.0 Å². The van der Waals surface area contributed by atoms with Crippen molar-refractivity contribution in [3.63, 3.8) is 0 Å². The summed E-state index contributed by atoms with van der Waals surface area (Å²) in [7, 11) is -1.63. The highest BCUT2D eigenvalue weighted by molar-refractivity contribution is 7.88. The summed E-state index contributed by atoms with van der Waals surface area (Å²) in [5.41, 5.74) is 1.43. The van der Waals surface area contributed by atoms with Crippen LogP contribution in [0.1, 0.15) is 19.4 Å². The van der Waals surface area contributed by atoms with E-state index in [1.54, 1.807) is 28.4 Å². The number of aromatic nitrogens is 2. The van der Waals surface area contributed by atoms with Gasteiger partial charge in [-0.05, 0) is 19.4 Å². The van der Waals surface area contributed by atoms with Gasteiger partial charge in [0.1, 0.15) is 0 Å². The molecule has 0 aliphatic carbocycles. The SMILES string of the molecule is C[C@@H]1[C@H](C)N(CC(=O)Nc2cnn(C)c2)CCN1S(=O)(=O)Cc1ccccc1. The smallest absolute Gasteiger partial charge is 0.238 e. The van der Waals surface area contributed by atoms with Gasteiger partial charge in [0.2, 0.25) is 15.9 Å². The van der Waals surface area contributed by atoms with Gasteiger partial charge in [-0.3, -0.25) is 14.4 Å². The zero-order valence-corrected chi connectivity index (χ0v) is 17.3. The number of rotatable bonds is 6. The van der Waals surface area contributed by atoms with E-state index in [-0.39, 0.29) is 30.3 Å². The molecule has 1 aromatic heterocycles. The second-order valence-electron chi connectivity index (χ2n) is 7.26. The molecule has 2 atom stereocenters. The maximum absolute atomic E-state index is 12.9. The summed E-state index contributed by atoms with van der Waals surface area (Å²) in [5, 5.41) is 6.85. The zero-order valence-electron chi connectivity index (χ0n) is 16.4. The maximum Gasteiger partial charge on any atom is 0.238 e. The first-order chi connectivity index (χ1) is 13.3. The van der Waals surface area contributed by atoms with Crippen LogP contribution in [0.5, 0.6) is 0 Å². The lowest BCUT2D eigenvalue weighted by molar-refractivity contribution is -0.118. The van der Waals surface area contributed by atoms with Gasteiger partial charge in [0.15, 0.2) is 0 Å². The Morgan fingerprint density at radius 3 is 2.54 bits per heavy atom. The summed E-state index contributed by atoms with van der Waals surface area (Å²) in [5.74, 6) is -0.139. The first-order valence-corrected chi connectivity index (χ1v) is 10.9. The minimum absolute atomic E-state index is 0.00755. The summed E-state index contributed by atoms with van der Waals surface area (Å²) in [6, 6.07) is 8.92. The standard InChI is InChI=1S/C19H27N5O3S/c1-15-16(2)24(28(26,27)14-17-7-5-4-6-8-17)10-9-23(15)13-19(25)21-18-11-20-22(3)12-18/h4-8,11-12,15-16H,9-10,13-14H2,1-3H3,(H,21,25)/t15-,16+/m0/s1. The quantitative estimate of drug-likeness (QED) is 0.782. The lowest BCUT2D eigenvalue weighted by atomic mass is 10.1.